The molecule has 1 N–H and O–H groups in total. The monoisotopic (exact) mass is 354 g/mol. The molecule has 1 heterocycles. The van der Waals surface area contributed by atoms with E-state index in [-0.39, 0.29) is 17.8 Å². The van der Waals surface area contributed by atoms with Crippen LogP contribution < -0.4 is 5.32 Å². The summed E-state index contributed by atoms with van der Waals surface area (Å²) in [5.41, 5.74) is 2.39. The predicted octanol–water partition coefficient (Wildman–Crippen LogP) is 4.30. The van der Waals surface area contributed by atoms with E-state index in [0.29, 0.717) is 17.8 Å². The number of para-hydroxylation sites is 1. The molecule has 3 aromatic rings. The Morgan fingerprint density at radius 2 is 1.85 bits per heavy atom. The Balaban J connectivity index is 1.85. The van der Waals surface area contributed by atoms with Crippen molar-refractivity contribution in [2.24, 2.45) is 0 Å². The number of rotatable bonds is 6. The number of nitrogens with one attached hydrogen (secondary N) is 1. The van der Waals surface area contributed by atoms with Crippen molar-refractivity contribution in [1.29, 1.82) is 0 Å². The Kier molecular flexibility index (Phi) is 5.38. The fourth-order valence-corrected chi connectivity index (χ4v) is 3.02. The van der Waals surface area contributed by atoms with Crippen molar-refractivity contribution in [3.8, 4) is 0 Å². The molecule has 1 atom stereocenters. The smallest absolute Gasteiger partial charge is 0.287 e. The van der Waals surface area contributed by atoms with Crippen LogP contribution in [0.3, 0.4) is 0 Å². The van der Waals surface area contributed by atoms with Gasteiger partial charge in [0.15, 0.2) is 5.76 Å². The lowest BCUT2D eigenvalue weighted by Crippen LogP contribution is -2.31. The lowest BCUT2D eigenvalue weighted by Gasteiger charge is -2.21. The van der Waals surface area contributed by atoms with Crippen LogP contribution in [0.4, 0.5) is 4.39 Å². The topological polar surface area (TPSA) is 45.5 Å². The van der Waals surface area contributed by atoms with Gasteiger partial charge in [-0.15, -0.1) is 0 Å². The van der Waals surface area contributed by atoms with Crippen molar-refractivity contribution in [2.75, 3.05) is 20.6 Å². The number of hydrogen-bond acceptors (Lipinski definition) is 3. The lowest BCUT2D eigenvalue weighted by atomic mass is 10.0. The molecule has 0 fully saturated rings. The maximum atomic E-state index is 13.3. The van der Waals surface area contributed by atoms with Crippen LogP contribution >= 0.6 is 0 Å². The first-order valence-electron chi connectivity index (χ1n) is 8.65. The highest BCUT2D eigenvalue weighted by Crippen LogP contribution is 2.26. The Morgan fingerprint density at radius 3 is 2.50 bits per heavy atom. The first-order chi connectivity index (χ1) is 12.5. The van der Waals surface area contributed by atoms with Gasteiger partial charge in [0, 0.05) is 10.9 Å². The van der Waals surface area contributed by atoms with Crippen molar-refractivity contribution in [2.45, 2.75) is 19.4 Å². The molecule has 1 unspecified atom stereocenters. The zero-order chi connectivity index (χ0) is 18.7. The minimum Gasteiger partial charge on any atom is -0.451 e. The van der Waals surface area contributed by atoms with Gasteiger partial charge in [0.05, 0.1) is 6.04 Å². The fraction of sp³-hybridized carbons (Fsp3) is 0.286. The SMILES string of the molecule is Cc1c(C(=O)NC(CCN(C)C)c2ccc(F)cc2)oc2ccccc12. The highest BCUT2D eigenvalue weighted by Gasteiger charge is 2.21. The molecule has 3 rings (SSSR count). The summed E-state index contributed by atoms with van der Waals surface area (Å²) >= 11 is 0. The van der Waals surface area contributed by atoms with E-state index in [2.05, 4.69) is 10.2 Å². The maximum Gasteiger partial charge on any atom is 0.287 e. The van der Waals surface area contributed by atoms with Gasteiger partial charge < -0.3 is 14.6 Å². The summed E-state index contributed by atoms with van der Waals surface area (Å²) in [5, 5.41) is 3.98. The second-order valence-corrected chi connectivity index (χ2v) is 6.72. The van der Waals surface area contributed by atoms with Crippen molar-refractivity contribution < 1.29 is 13.6 Å². The van der Waals surface area contributed by atoms with Crippen molar-refractivity contribution in [1.82, 2.24) is 10.2 Å². The average molecular weight is 354 g/mol. The number of amides is 1. The van der Waals surface area contributed by atoms with Gasteiger partial charge in [0.1, 0.15) is 11.4 Å². The van der Waals surface area contributed by atoms with Crippen LogP contribution in [0.5, 0.6) is 0 Å². The van der Waals surface area contributed by atoms with Gasteiger partial charge in [-0.3, -0.25) is 4.79 Å². The Bertz CT molecular complexity index is 900. The zero-order valence-electron chi connectivity index (χ0n) is 15.3. The number of benzene rings is 2. The zero-order valence-corrected chi connectivity index (χ0v) is 15.3. The molecule has 0 aliphatic heterocycles. The largest absolute Gasteiger partial charge is 0.451 e. The Morgan fingerprint density at radius 1 is 1.15 bits per heavy atom. The second-order valence-electron chi connectivity index (χ2n) is 6.72. The van der Waals surface area contributed by atoms with E-state index in [4.69, 9.17) is 4.42 Å². The van der Waals surface area contributed by atoms with Gasteiger partial charge in [-0.05, 0) is 57.7 Å². The van der Waals surface area contributed by atoms with E-state index >= 15 is 0 Å². The minimum absolute atomic E-state index is 0.224. The van der Waals surface area contributed by atoms with E-state index in [0.717, 1.165) is 23.1 Å². The average Bonchev–Trinajstić information content (AvgIpc) is 2.96. The van der Waals surface area contributed by atoms with Gasteiger partial charge in [-0.1, -0.05) is 30.3 Å². The van der Waals surface area contributed by atoms with Crippen LogP contribution in [-0.2, 0) is 0 Å². The molecular weight excluding hydrogens is 331 g/mol. The Labute approximate surface area is 152 Å². The molecule has 136 valence electrons. The van der Waals surface area contributed by atoms with Crippen LogP contribution in [0.15, 0.2) is 52.9 Å². The molecule has 1 aromatic heterocycles. The molecule has 0 aliphatic carbocycles. The molecule has 5 heteroatoms. The van der Waals surface area contributed by atoms with Gasteiger partial charge in [-0.25, -0.2) is 4.39 Å². The fourth-order valence-electron chi connectivity index (χ4n) is 3.02. The number of carbonyl (C=O) groups excluding carboxylic acids is 1. The van der Waals surface area contributed by atoms with Gasteiger partial charge in [-0.2, -0.15) is 0 Å². The van der Waals surface area contributed by atoms with Gasteiger partial charge in [0.25, 0.3) is 5.91 Å². The summed E-state index contributed by atoms with van der Waals surface area (Å²) in [7, 11) is 3.96. The van der Waals surface area contributed by atoms with E-state index in [1.54, 1.807) is 12.1 Å². The number of hydrogen-bond donors (Lipinski definition) is 1. The molecule has 2 aromatic carbocycles. The number of nitrogens with zero attached hydrogens (tertiary/aromatic N) is 1. The number of furan rings is 1. The highest BCUT2D eigenvalue weighted by atomic mass is 19.1. The van der Waals surface area contributed by atoms with E-state index in [9.17, 15) is 9.18 Å². The summed E-state index contributed by atoms with van der Waals surface area (Å²) in [6.07, 6.45) is 0.712. The predicted molar refractivity (Wildman–Crippen MR) is 101 cm³/mol. The number of halogens is 1. The molecule has 0 saturated carbocycles. The van der Waals surface area contributed by atoms with Gasteiger partial charge >= 0.3 is 0 Å². The highest BCUT2D eigenvalue weighted by molar-refractivity contribution is 5.99. The normalized spacial score (nSPS) is 12.5. The van der Waals surface area contributed by atoms with Crippen molar-refractivity contribution in [3.05, 3.63) is 71.2 Å². The van der Waals surface area contributed by atoms with Crippen molar-refractivity contribution in [3.63, 3.8) is 0 Å². The second kappa shape index (κ2) is 7.70. The molecule has 1 amide bonds. The molecular formula is C21H23FN2O2. The minimum atomic E-state index is -0.292. The first kappa shape index (κ1) is 18.1. The molecule has 4 nitrogen and oxygen atoms in total. The third-order valence-corrected chi connectivity index (χ3v) is 4.49. The van der Waals surface area contributed by atoms with Crippen LogP contribution in [0.25, 0.3) is 11.0 Å². The van der Waals surface area contributed by atoms with Crippen LogP contribution in [0.1, 0.15) is 34.1 Å². The van der Waals surface area contributed by atoms with Crippen LogP contribution in [0, 0.1) is 12.7 Å². The molecule has 0 saturated heterocycles. The number of carbonyl (C=O) groups is 1. The standard InChI is InChI=1S/C21H23FN2O2/c1-14-17-6-4-5-7-19(17)26-20(14)21(25)23-18(12-13-24(2)3)15-8-10-16(22)11-9-15/h4-11,18H,12-13H2,1-3H3,(H,23,25). The summed E-state index contributed by atoms with van der Waals surface area (Å²) in [4.78, 5) is 14.9. The molecule has 0 radical (unpaired) electrons. The summed E-state index contributed by atoms with van der Waals surface area (Å²) in [6.45, 7) is 2.68. The summed E-state index contributed by atoms with van der Waals surface area (Å²) < 4.78 is 19.0. The quantitative estimate of drug-likeness (QED) is 0.718. The number of aryl methyl sites for hydroxylation is 1. The van der Waals surface area contributed by atoms with Crippen LogP contribution in [-0.4, -0.2) is 31.4 Å². The third kappa shape index (κ3) is 3.94. The summed E-state index contributed by atoms with van der Waals surface area (Å²) in [6, 6.07) is 13.6. The Hall–Kier alpha value is -2.66. The van der Waals surface area contributed by atoms with E-state index < -0.39 is 0 Å². The summed E-state index contributed by atoms with van der Waals surface area (Å²) in [5.74, 6) is -0.227. The first-order valence-corrected chi connectivity index (χ1v) is 8.65. The van der Waals surface area contributed by atoms with Crippen LogP contribution in [0.2, 0.25) is 0 Å². The number of fused-ring (bicyclic) bond motifs is 1. The van der Waals surface area contributed by atoms with Gasteiger partial charge in [0.2, 0.25) is 0 Å². The molecule has 0 bridgehead atoms. The molecule has 26 heavy (non-hydrogen) atoms. The van der Waals surface area contributed by atoms with Crippen molar-refractivity contribution >= 4 is 16.9 Å². The molecule has 0 aliphatic rings. The molecule has 0 spiro atoms. The third-order valence-electron chi connectivity index (χ3n) is 4.49. The maximum absolute atomic E-state index is 13.3. The van der Waals surface area contributed by atoms with E-state index in [1.165, 1.54) is 12.1 Å². The lowest BCUT2D eigenvalue weighted by molar-refractivity contribution is 0.0906. The van der Waals surface area contributed by atoms with E-state index in [1.807, 2.05) is 45.3 Å².